The van der Waals surface area contributed by atoms with Crippen LogP contribution in [0.25, 0.3) is 0 Å². The largest absolute Gasteiger partial charge is 0.479 e. The summed E-state index contributed by atoms with van der Waals surface area (Å²) in [7, 11) is 1.50. The molecular formula is C27H40N4O13. The summed E-state index contributed by atoms with van der Waals surface area (Å²) < 4.78 is 27.0. The smallest absolute Gasteiger partial charge is 0.335 e. The summed E-state index contributed by atoms with van der Waals surface area (Å²) in [6.45, 7) is 0.332. The molecule has 246 valence electrons. The Bertz CT molecular complexity index is 1170. The van der Waals surface area contributed by atoms with Crippen molar-refractivity contribution in [1.29, 1.82) is 0 Å². The number of rotatable bonds is 18. The molecule has 1 aliphatic heterocycles. The zero-order valence-corrected chi connectivity index (χ0v) is 24.1. The van der Waals surface area contributed by atoms with Gasteiger partial charge in [0.25, 0.3) is 6.45 Å². The maximum atomic E-state index is 12.7. The second-order valence-electron chi connectivity index (χ2n) is 9.84. The van der Waals surface area contributed by atoms with Crippen LogP contribution in [0.4, 0.5) is 5.69 Å². The number of unbranched alkanes of at least 4 members (excludes halogenated alkanes) is 1. The third kappa shape index (κ3) is 11.7. The van der Waals surface area contributed by atoms with Gasteiger partial charge in [0.05, 0.1) is 18.3 Å². The van der Waals surface area contributed by atoms with E-state index in [1.54, 1.807) is 0 Å². The normalized spacial score (nSPS) is 22.2. The number of carboxylic acid groups (broad SMARTS) is 1. The van der Waals surface area contributed by atoms with Crippen molar-refractivity contribution >= 4 is 35.8 Å². The zero-order chi connectivity index (χ0) is 33.5. The van der Waals surface area contributed by atoms with E-state index in [-0.39, 0.29) is 43.3 Å². The molecule has 1 aromatic carbocycles. The number of anilines is 1. The molecule has 0 spiro atoms. The lowest BCUT2D eigenvalue weighted by molar-refractivity contribution is -0.271. The molecule has 9 N–H and O–H groups in total. The van der Waals surface area contributed by atoms with E-state index >= 15 is 0 Å². The Morgan fingerprint density at radius 2 is 1.82 bits per heavy atom. The van der Waals surface area contributed by atoms with Crippen LogP contribution in [0.2, 0.25) is 0 Å². The SMILES string of the molecule is [2H]C(=O)OCc1ccc(O[C@@H]2O[C@H](C(=O)O)[C@@H](O)[C@H](O)[C@H]2O)c(NC(=O)CCNC(=O)[C@@H](N)CCCCNC(=O)CCOC)c1. The van der Waals surface area contributed by atoms with Crippen molar-refractivity contribution in [2.45, 2.75) is 75.5 Å². The van der Waals surface area contributed by atoms with Gasteiger partial charge in [-0.1, -0.05) is 6.07 Å². The molecule has 0 radical (unpaired) electrons. The summed E-state index contributed by atoms with van der Waals surface area (Å²) in [5, 5.41) is 47.4. The molecule has 6 atom stereocenters. The molecule has 1 heterocycles. The Morgan fingerprint density at radius 3 is 2.50 bits per heavy atom. The summed E-state index contributed by atoms with van der Waals surface area (Å²) >= 11 is 0. The van der Waals surface area contributed by atoms with Crippen LogP contribution in [0.15, 0.2) is 18.2 Å². The Labute approximate surface area is 254 Å². The molecule has 0 aliphatic carbocycles. The second kappa shape index (κ2) is 18.7. The number of aliphatic hydroxyl groups excluding tert-OH is 3. The van der Waals surface area contributed by atoms with E-state index < -0.39 is 61.0 Å². The number of amides is 3. The molecule has 0 saturated carbocycles. The van der Waals surface area contributed by atoms with E-state index in [2.05, 4.69) is 20.7 Å². The van der Waals surface area contributed by atoms with Crippen molar-refractivity contribution in [2.75, 3.05) is 32.1 Å². The number of hydrogen-bond acceptors (Lipinski definition) is 13. The molecule has 44 heavy (non-hydrogen) atoms. The van der Waals surface area contributed by atoms with Gasteiger partial charge in [-0.2, -0.15) is 0 Å². The first-order valence-corrected chi connectivity index (χ1v) is 13.8. The zero-order valence-electron chi connectivity index (χ0n) is 25.1. The Morgan fingerprint density at radius 1 is 1.07 bits per heavy atom. The van der Waals surface area contributed by atoms with Gasteiger partial charge in [-0.15, -0.1) is 0 Å². The van der Waals surface area contributed by atoms with Crippen LogP contribution in [-0.2, 0) is 44.8 Å². The monoisotopic (exact) mass is 629 g/mol. The summed E-state index contributed by atoms with van der Waals surface area (Å²) in [5.74, 6) is -3.00. The van der Waals surface area contributed by atoms with Crippen LogP contribution < -0.4 is 26.4 Å². The van der Waals surface area contributed by atoms with Crippen molar-refractivity contribution < 1.29 is 64.7 Å². The van der Waals surface area contributed by atoms with E-state index in [4.69, 9.17) is 21.3 Å². The number of ether oxygens (including phenoxy) is 4. The number of carboxylic acids is 1. The Hall–Kier alpha value is -3.87. The van der Waals surface area contributed by atoms with E-state index in [1.807, 2.05) is 0 Å². The van der Waals surface area contributed by atoms with Gasteiger partial charge in [0, 0.05) is 33.0 Å². The number of nitrogens with one attached hydrogen (secondary N) is 3. The van der Waals surface area contributed by atoms with Gasteiger partial charge in [-0.05, 0) is 37.0 Å². The third-order valence-electron chi connectivity index (χ3n) is 6.46. The molecule has 1 aromatic rings. The Kier molecular flexibility index (Phi) is 14.7. The van der Waals surface area contributed by atoms with Crippen LogP contribution in [-0.4, -0.2) is 114 Å². The summed E-state index contributed by atoms with van der Waals surface area (Å²) in [4.78, 5) is 58.9. The molecule has 1 aliphatic rings. The summed E-state index contributed by atoms with van der Waals surface area (Å²) in [6.07, 6.45) is -9.16. The predicted octanol–water partition coefficient (Wildman–Crippen LogP) is -2.27. The third-order valence-corrected chi connectivity index (χ3v) is 6.46. The number of carbonyl (C=O) groups excluding carboxylic acids is 4. The second-order valence-corrected chi connectivity index (χ2v) is 9.84. The molecule has 0 aromatic heterocycles. The van der Waals surface area contributed by atoms with Crippen LogP contribution in [0, 0.1) is 0 Å². The highest BCUT2D eigenvalue weighted by Crippen LogP contribution is 2.31. The van der Waals surface area contributed by atoms with E-state index in [1.165, 1.54) is 25.3 Å². The quantitative estimate of drug-likeness (QED) is 0.0629. The van der Waals surface area contributed by atoms with Gasteiger partial charge in [0.2, 0.25) is 24.0 Å². The van der Waals surface area contributed by atoms with Gasteiger partial charge in [-0.25, -0.2) is 4.79 Å². The highest BCUT2D eigenvalue weighted by molar-refractivity contribution is 5.93. The first kappa shape index (κ1) is 34.6. The van der Waals surface area contributed by atoms with Gasteiger partial charge in [0.15, 0.2) is 7.47 Å². The fraction of sp³-hybridized carbons (Fsp3) is 0.593. The minimum Gasteiger partial charge on any atom is -0.479 e. The predicted molar refractivity (Wildman–Crippen MR) is 150 cm³/mol. The van der Waals surface area contributed by atoms with E-state index in [0.717, 1.165) is 0 Å². The lowest BCUT2D eigenvalue weighted by Gasteiger charge is -2.38. The molecular weight excluding hydrogens is 588 g/mol. The molecule has 17 nitrogen and oxygen atoms in total. The topological polar surface area (TPSA) is 265 Å². The first-order valence-electron chi connectivity index (χ1n) is 14.3. The van der Waals surface area contributed by atoms with Crippen LogP contribution in [0.3, 0.4) is 0 Å². The average Bonchev–Trinajstić information content (AvgIpc) is 2.99. The molecule has 3 amide bonds. The maximum absolute atomic E-state index is 12.7. The number of aliphatic carboxylic acids is 1. The fourth-order valence-electron chi connectivity index (χ4n) is 4.03. The van der Waals surface area contributed by atoms with Gasteiger partial charge < -0.3 is 61.1 Å². The van der Waals surface area contributed by atoms with Crippen molar-refractivity contribution in [2.24, 2.45) is 5.73 Å². The minimum atomic E-state index is -1.94. The van der Waals surface area contributed by atoms with Crippen LogP contribution in [0.5, 0.6) is 5.75 Å². The minimum absolute atomic E-state index is 0.0424. The molecule has 0 bridgehead atoms. The number of nitrogens with two attached hydrogens (primary N) is 1. The van der Waals surface area contributed by atoms with Gasteiger partial charge >= 0.3 is 5.97 Å². The highest BCUT2D eigenvalue weighted by atomic mass is 16.7. The highest BCUT2D eigenvalue weighted by Gasteiger charge is 2.48. The fourth-order valence-corrected chi connectivity index (χ4v) is 4.03. The lowest BCUT2D eigenvalue weighted by Crippen LogP contribution is -2.61. The maximum Gasteiger partial charge on any atom is 0.335 e. The molecule has 1 fully saturated rings. The number of aliphatic hydroxyl groups is 3. The van der Waals surface area contributed by atoms with Gasteiger partial charge in [-0.3, -0.25) is 19.2 Å². The molecule has 0 unspecified atom stereocenters. The number of methoxy groups -OCH3 is 1. The van der Waals surface area contributed by atoms with Crippen LogP contribution in [0.1, 0.15) is 39.0 Å². The van der Waals surface area contributed by atoms with E-state index in [9.17, 15) is 44.4 Å². The average molecular weight is 630 g/mol. The van der Waals surface area contributed by atoms with Crippen molar-refractivity contribution in [3.8, 4) is 5.75 Å². The molecule has 2 rings (SSSR count). The van der Waals surface area contributed by atoms with Crippen LogP contribution >= 0.6 is 0 Å². The van der Waals surface area contributed by atoms with E-state index in [0.29, 0.717) is 38.0 Å². The standard InChI is InChI=1S/C27H40N4O13/c1-41-11-8-19(33)29-9-3-2-4-16(28)25(38)30-10-7-20(34)31-17-12-15(13-42-14-32)5-6-18(17)43-27-23(37)21(35)22(36)24(44-27)26(39)40/h5-6,12,14,16,21-24,27,35-37H,2-4,7-11,13,28H2,1H3,(H,29,33)(H,30,38)(H,31,34)(H,39,40)/t16-,21-,22-,23+,24-,27+/m0/s1/i14D. The molecule has 17 heteroatoms. The summed E-state index contributed by atoms with van der Waals surface area (Å²) in [6, 6.07) is 3.15. The number of hydrogen-bond donors (Lipinski definition) is 8. The Balaban J connectivity index is 1.94. The van der Waals surface area contributed by atoms with Crippen molar-refractivity contribution in [3.05, 3.63) is 23.8 Å². The lowest BCUT2D eigenvalue weighted by atomic mass is 9.99. The number of benzene rings is 1. The molecule has 1 saturated heterocycles. The van der Waals surface area contributed by atoms with Gasteiger partial charge in [0.1, 0.15) is 30.7 Å². The van der Waals surface area contributed by atoms with Crippen molar-refractivity contribution in [1.82, 2.24) is 10.6 Å². The first-order chi connectivity index (χ1) is 21.3. The number of carbonyl (C=O) groups is 5. The summed E-state index contributed by atoms with van der Waals surface area (Å²) in [5.41, 5.74) is 6.19. The van der Waals surface area contributed by atoms with Crippen molar-refractivity contribution in [3.63, 3.8) is 0 Å².